The van der Waals surface area contributed by atoms with Crippen molar-refractivity contribution in [2.45, 2.75) is 13.0 Å². The van der Waals surface area contributed by atoms with Crippen LogP contribution in [0.25, 0.3) is 0 Å². The molecule has 0 spiro atoms. The predicted molar refractivity (Wildman–Crippen MR) is 93.2 cm³/mol. The van der Waals surface area contributed by atoms with Gasteiger partial charge in [-0.2, -0.15) is 0 Å². The average molecular weight is 354 g/mol. The highest BCUT2D eigenvalue weighted by atomic mass is 16.5. The Morgan fingerprint density at radius 3 is 1.88 bits per heavy atom. The lowest BCUT2D eigenvalue weighted by molar-refractivity contribution is -0.149. The van der Waals surface area contributed by atoms with Gasteiger partial charge < -0.3 is 10.1 Å². The molecule has 26 heavy (non-hydrogen) atoms. The largest absolute Gasteiger partial charge is 0.454 e. The summed E-state index contributed by atoms with van der Waals surface area (Å²) in [6.45, 7) is 0.819. The van der Waals surface area contributed by atoms with Gasteiger partial charge in [-0.1, -0.05) is 36.4 Å². The molecule has 134 valence electrons. The Hall–Kier alpha value is -3.48. The SMILES string of the molecule is C[C@H](NC(=O)c1ccccc1)C(=O)OCC(=O)NC(=O)c1ccccc1. The van der Waals surface area contributed by atoms with Crippen molar-refractivity contribution in [2.24, 2.45) is 0 Å². The molecule has 1 atom stereocenters. The van der Waals surface area contributed by atoms with E-state index in [1.807, 2.05) is 0 Å². The van der Waals surface area contributed by atoms with Crippen molar-refractivity contribution in [3.8, 4) is 0 Å². The van der Waals surface area contributed by atoms with Gasteiger partial charge in [0.25, 0.3) is 17.7 Å². The van der Waals surface area contributed by atoms with Gasteiger partial charge in [-0.25, -0.2) is 4.79 Å². The van der Waals surface area contributed by atoms with Crippen LogP contribution in [0.2, 0.25) is 0 Å². The molecule has 0 fully saturated rings. The molecular weight excluding hydrogens is 336 g/mol. The normalized spacial score (nSPS) is 11.1. The third kappa shape index (κ3) is 5.55. The number of amides is 3. The van der Waals surface area contributed by atoms with Gasteiger partial charge in [0.2, 0.25) is 0 Å². The minimum Gasteiger partial charge on any atom is -0.454 e. The first-order chi connectivity index (χ1) is 12.5. The van der Waals surface area contributed by atoms with E-state index in [2.05, 4.69) is 10.6 Å². The molecule has 7 nitrogen and oxygen atoms in total. The van der Waals surface area contributed by atoms with Crippen LogP contribution >= 0.6 is 0 Å². The molecule has 7 heteroatoms. The van der Waals surface area contributed by atoms with Crippen LogP contribution in [0.3, 0.4) is 0 Å². The minimum absolute atomic E-state index is 0.315. The van der Waals surface area contributed by atoms with Gasteiger partial charge in [0, 0.05) is 11.1 Å². The molecule has 2 aromatic rings. The molecule has 0 aliphatic carbocycles. The van der Waals surface area contributed by atoms with E-state index in [-0.39, 0.29) is 0 Å². The number of nitrogens with one attached hydrogen (secondary N) is 2. The number of hydrogen-bond acceptors (Lipinski definition) is 5. The van der Waals surface area contributed by atoms with Gasteiger partial charge in [-0.05, 0) is 31.2 Å². The Balaban J connectivity index is 1.77. The number of benzene rings is 2. The molecule has 0 saturated heterocycles. The number of rotatable bonds is 6. The third-order valence-electron chi connectivity index (χ3n) is 3.37. The number of carbonyl (C=O) groups excluding carboxylic acids is 4. The lowest BCUT2D eigenvalue weighted by atomic mass is 10.2. The highest BCUT2D eigenvalue weighted by Gasteiger charge is 2.19. The summed E-state index contributed by atoms with van der Waals surface area (Å²) in [5.41, 5.74) is 0.717. The second-order valence-corrected chi connectivity index (χ2v) is 5.41. The van der Waals surface area contributed by atoms with Crippen molar-refractivity contribution in [2.75, 3.05) is 6.61 Å². The van der Waals surface area contributed by atoms with E-state index in [9.17, 15) is 19.2 Å². The molecule has 0 unspecified atom stereocenters. The molecule has 2 rings (SSSR count). The Morgan fingerprint density at radius 1 is 0.846 bits per heavy atom. The van der Waals surface area contributed by atoms with Crippen LogP contribution in [-0.2, 0) is 14.3 Å². The molecule has 0 aliphatic heterocycles. The third-order valence-corrected chi connectivity index (χ3v) is 3.37. The molecule has 0 aliphatic rings. The number of carbonyl (C=O) groups is 4. The van der Waals surface area contributed by atoms with Gasteiger partial charge in [-0.15, -0.1) is 0 Å². The summed E-state index contributed by atoms with van der Waals surface area (Å²) in [7, 11) is 0. The number of hydrogen-bond donors (Lipinski definition) is 2. The van der Waals surface area contributed by atoms with Crippen LogP contribution in [0.4, 0.5) is 0 Å². The number of imide groups is 1. The van der Waals surface area contributed by atoms with Gasteiger partial charge in [0.15, 0.2) is 6.61 Å². The van der Waals surface area contributed by atoms with E-state index < -0.39 is 36.3 Å². The Morgan fingerprint density at radius 2 is 1.35 bits per heavy atom. The van der Waals surface area contributed by atoms with Crippen LogP contribution in [-0.4, -0.2) is 36.3 Å². The first-order valence-corrected chi connectivity index (χ1v) is 7.89. The van der Waals surface area contributed by atoms with E-state index in [1.54, 1.807) is 60.7 Å². The van der Waals surface area contributed by atoms with E-state index >= 15 is 0 Å². The monoisotopic (exact) mass is 354 g/mol. The fourth-order valence-corrected chi connectivity index (χ4v) is 2.01. The quantitative estimate of drug-likeness (QED) is 0.762. The van der Waals surface area contributed by atoms with E-state index in [4.69, 9.17) is 4.74 Å². The van der Waals surface area contributed by atoms with Crippen LogP contribution in [0.15, 0.2) is 60.7 Å². The summed E-state index contributed by atoms with van der Waals surface area (Å²) in [4.78, 5) is 47.3. The fourth-order valence-electron chi connectivity index (χ4n) is 2.01. The summed E-state index contributed by atoms with van der Waals surface area (Å²) in [5, 5.41) is 4.59. The number of esters is 1. The van der Waals surface area contributed by atoms with Crippen molar-refractivity contribution in [1.82, 2.24) is 10.6 Å². The summed E-state index contributed by atoms with van der Waals surface area (Å²) in [6.07, 6.45) is 0. The van der Waals surface area contributed by atoms with Crippen molar-refractivity contribution < 1.29 is 23.9 Å². The topological polar surface area (TPSA) is 102 Å². The smallest absolute Gasteiger partial charge is 0.328 e. The van der Waals surface area contributed by atoms with Crippen molar-refractivity contribution in [3.05, 3.63) is 71.8 Å². The lowest BCUT2D eigenvalue weighted by Crippen LogP contribution is -2.41. The zero-order chi connectivity index (χ0) is 18.9. The summed E-state index contributed by atoms with van der Waals surface area (Å²) < 4.78 is 4.82. The maximum absolute atomic E-state index is 12.0. The maximum atomic E-state index is 12.0. The molecule has 0 radical (unpaired) electrons. The summed E-state index contributed by atoms with van der Waals surface area (Å²) in [5.74, 6) is -2.55. The predicted octanol–water partition coefficient (Wildman–Crippen LogP) is 1.30. The van der Waals surface area contributed by atoms with Gasteiger partial charge in [-0.3, -0.25) is 19.7 Å². The molecule has 2 aromatic carbocycles. The second kappa shape index (κ2) is 9.12. The van der Waals surface area contributed by atoms with Crippen LogP contribution in [0.1, 0.15) is 27.6 Å². The molecule has 0 bridgehead atoms. The van der Waals surface area contributed by atoms with Crippen molar-refractivity contribution in [3.63, 3.8) is 0 Å². The molecule has 2 N–H and O–H groups in total. The zero-order valence-corrected chi connectivity index (χ0v) is 14.1. The van der Waals surface area contributed by atoms with E-state index in [0.717, 1.165) is 0 Å². The summed E-state index contributed by atoms with van der Waals surface area (Å²) in [6, 6.07) is 15.6. The van der Waals surface area contributed by atoms with Crippen LogP contribution in [0.5, 0.6) is 0 Å². The molecular formula is C19H18N2O5. The fraction of sp³-hybridized carbons (Fsp3) is 0.158. The number of ether oxygens (including phenoxy) is 1. The summed E-state index contributed by atoms with van der Waals surface area (Å²) >= 11 is 0. The minimum atomic E-state index is -0.944. The highest BCUT2D eigenvalue weighted by Crippen LogP contribution is 2.00. The van der Waals surface area contributed by atoms with Gasteiger partial charge in [0.05, 0.1) is 0 Å². The van der Waals surface area contributed by atoms with Gasteiger partial charge in [0.1, 0.15) is 6.04 Å². The van der Waals surface area contributed by atoms with Crippen LogP contribution in [0, 0.1) is 0 Å². The van der Waals surface area contributed by atoms with Crippen molar-refractivity contribution in [1.29, 1.82) is 0 Å². The first kappa shape index (κ1) is 18.9. The standard InChI is InChI=1S/C19H18N2O5/c1-13(20-17(23)14-8-4-2-5-9-14)19(25)26-12-16(22)21-18(24)15-10-6-3-7-11-15/h2-11,13H,12H2,1H3,(H,20,23)(H,21,22,24)/t13-/m0/s1. The van der Waals surface area contributed by atoms with Crippen molar-refractivity contribution >= 4 is 23.7 Å². The Labute approximate surface area is 150 Å². The van der Waals surface area contributed by atoms with Gasteiger partial charge >= 0.3 is 5.97 Å². The molecule has 0 aromatic heterocycles. The Kier molecular flexibility index (Phi) is 6.61. The molecule has 0 heterocycles. The molecule has 3 amide bonds. The maximum Gasteiger partial charge on any atom is 0.328 e. The molecule has 0 saturated carbocycles. The Bertz CT molecular complexity index is 790. The second-order valence-electron chi connectivity index (χ2n) is 5.41. The average Bonchev–Trinajstić information content (AvgIpc) is 2.67. The van der Waals surface area contributed by atoms with Crippen LogP contribution < -0.4 is 10.6 Å². The van der Waals surface area contributed by atoms with E-state index in [0.29, 0.717) is 11.1 Å². The zero-order valence-electron chi connectivity index (χ0n) is 14.1. The highest BCUT2D eigenvalue weighted by molar-refractivity contribution is 6.05. The lowest BCUT2D eigenvalue weighted by Gasteiger charge is -2.13. The van der Waals surface area contributed by atoms with E-state index in [1.165, 1.54) is 6.92 Å². The first-order valence-electron chi connectivity index (χ1n) is 7.89.